The zero-order chi connectivity index (χ0) is 35.0. The number of carbonyl (C=O) groups excluding carboxylic acids is 2. The Kier molecular flexibility index (Phi) is 11.5. The van der Waals surface area contributed by atoms with Crippen LogP contribution in [-0.4, -0.2) is 87.6 Å². The molecule has 266 valence electrons. The van der Waals surface area contributed by atoms with Crippen LogP contribution in [0, 0.1) is 0 Å². The lowest BCUT2D eigenvalue weighted by atomic mass is 10.1. The summed E-state index contributed by atoms with van der Waals surface area (Å²) in [6.45, 7) is 0.682. The minimum atomic E-state index is -0.990. The zero-order valence-electron chi connectivity index (χ0n) is 28.1. The molecule has 0 saturated carbocycles. The van der Waals surface area contributed by atoms with E-state index < -0.39 is 67.2 Å². The first-order valence-corrected chi connectivity index (χ1v) is 17.0. The van der Waals surface area contributed by atoms with Gasteiger partial charge in [-0.25, -0.2) is 9.59 Å². The van der Waals surface area contributed by atoms with Gasteiger partial charge in [0.25, 0.3) is 0 Å². The Morgan fingerprint density at radius 1 is 0.647 bits per heavy atom. The largest absolute Gasteiger partial charge is 0.458 e. The van der Waals surface area contributed by atoms with Gasteiger partial charge in [0, 0.05) is 7.11 Å². The number of benzene rings is 4. The normalized spacial score (nSPS) is 27.0. The number of rotatable bonds is 16. The Bertz CT molecular complexity index is 1690. The van der Waals surface area contributed by atoms with E-state index in [2.05, 4.69) is 0 Å². The van der Waals surface area contributed by atoms with E-state index in [-0.39, 0.29) is 13.2 Å². The van der Waals surface area contributed by atoms with Crippen molar-refractivity contribution in [1.29, 1.82) is 0 Å². The van der Waals surface area contributed by atoms with Gasteiger partial charge >= 0.3 is 11.9 Å². The van der Waals surface area contributed by atoms with E-state index in [0.29, 0.717) is 24.3 Å². The third-order valence-corrected chi connectivity index (χ3v) is 8.94. The molecular formula is C40H40O11. The van der Waals surface area contributed by atoms with Crippen LogP contribution in [0.1, 0.15) is 31.8 Å². The second-order valence-corrected chi connectivity index (χ2v) is 12.4. The van der Waals surface area contributed by atoms with Gasteiger partial charge in [-0.3, -0.25) is 0 Å². The van der Waals surface area contributed by atoms with E-state index in [0.717, 1.165) is 11.1 Å². The average Bonchev–Trinajstić information content (AvgIpc) is 3.80. The fourth-order valence-corrected chi connectivity index (χ4v) is 6.28. The van der Waals surface area contributed by atoms with Crippen LogP contribution in [0.3, 0.4) is 0 Å². The van der Waals surface area contributed by atoms with Crippen molar-refractivity contribution >= 4 is 11.9 Å². The number of fused-ring (bicyclic) bond motifs is 1. The maximum Gasteiger partial charge on any atom is 0.338 e. The number of epoxide rings is 1. The van der Waals surface area contributed by atoms with Gasteiger partial charge < -0.3 is 42.6 Å². The first-order valence-electron chi connectivity index (χ1n) is 17.0. The van der Waals surface area contributed by atoms with Crippen molar-refractivity contribution in [2.24, 2.45) is 0 Å². The van der Waals surface area contributed by atoms with Gasteiger partial charge in [-0.15, -0.1) is 0 Å². The lowest BCUT2D eigenvalue weighted by Crippen LogP contribution is -2.44. The van der Waals surface area contributed by atoms with Gasteiger partial charge in [-0.1, -0.05) is 97.1 Å². The van der Waals surface area contributed by atoms with Crippen molar-refractivity contribution in [3.8, 4) is 0 Å². The number of ether oxygens (including phenoxy) is 9. The van der Waals surface area contributed by atoms with Crippen LogP contribution < -0.4 is 0 Å². The van der Waals surface area contributed by atoms with Crippen molar-refractivity contribution < 1.29 is 52.2 Å². The van der Waals surface area contributed by atoms with Crippen molar-refractivity contribution in [2.75, 3.05) is 20.3 Å². The third kappa shape index (κ3) is 8.71. The number of carbonyl (C=O) groups is 2. The summed E-state index contributed by atoms with van der Waals surface area (Å²) in [5.74, 6) is -1.14. The average molecular weight is 697 g/mol. The van der Waals surface area contributed by atoms with Gasteiger partial charge in [0.15, 0.2) is 18.7 Å². The molecule has 3 aliphatic rings. The predicted molar refractivity (Wildman–Crippen MR) is 181 cm³/mol. The van der Waals surface area contributed by atoms with E-state index in [9.17, 15) is 9.59 Å². The molecule has 0 bridgehead atoms. The summed E-state index contributed by atoms with van der Waals surface area (Å²) >= 11 is 0. The van der Waals surface area contributed by atoms with E-state index in [1.807, 2.05) is 60.7 Å². The molecule has 0 radical (unpaired) electrons. The third-order valence-electron chi connectivity index (χ3n) is 8.94. The van der Waals surface area contributed by atoms with E-state index >= 15 is 0 Å². The van der Waals surface area contributed by atoms with Crippen molar-refractivity contribution in [3.05, 3.63) is 144 Å². The standard InChI is InChI=1S/C40H40O11/c1-43-39-35(32(45-23-27-16-8-3-9-17-27)30(48-39)24-44-22-26-14-6-2-7-15-26)51-40-36-34(49-36)33(50-40)31(47-38(42)29-20-12-5-13-21-29)25-46-37(41)28-18-10-4-11-19-28/h2-21,30-36,39-40H,22-25H2,1H3/t30-,31-,32-,33+,34-,35+,36-,39+,40-/m1/s1. The highest BCUT2D eigenvalue weighted by Gasteiger charge is 2.63. The van der Waals surface area contributed by atoms with Crippen LogP contribution in [0.4, 0.5) is 0 Å². The molecule has 3 fully saturated rings. The summed E-state index contributed by atoms with van der Waals surface area (Å²) in [6.07, 6.45) is -6.20. The molecule has 0 aromatic heterocycles. The van der Waals surface area contributed by atoms with Crippen LogP contribution >= 0.6 is 0 Å². The molecule has 3 aliphatic heterocycles. The van der Waals surface area contributed by atoms with E-state index in [4.69, 9.17) is 42.6 Å². The summed E-state index contributed by atoms with van der Waals surface area (Å²) in [7, 11) is 1.54. The first kappa shape index (κ1) is 35.0. The van der Waals surface area contributed by atoms with Crippen LogP contribution in [0.5, 0.6) is 0 Å². The van der Waals surface area contributed by atoms with Crippen molar-refractivity contribution in [3.63, 3.8) is 0 Å². The molecule has 0 aliphatic carbocycles. The quantitative estimate of drug-likeness (QED) is 0.115. The number of hydrogen-bond donors (Lipinski definition) is 0. The fourth-order valence-electron chi connectivity index (χ4n) is 6.28. The minimum absolute atomic E-state index is 0.231. The van der Waals surface area contributed by atoms with E-state index in [1.165, 1.54) is 7.11 Å². The van der Waals surface area contributed by atoms with Gasteiger partial charge in [0.2, 0.25) is 0 Å². The molecule has 0 N–H and O–H groups in total. The number of methoxy groups -OCH3 is 1. The summed E-state index contributed by atoms with van der Waals surface area (Å²) < 4.78 is 55.0. The Labute approximate surface area is 296 Å². The summed E-state index contributed by atoms with van der Waals surface area (Å²) in [6, 6.07) is 36.8. The summed E-state index contributed by atoms with van der Waals surface area (Å²) in [5.41, 5.74) is 2.74. The molecule has 51 heavy (non-hydrogen) atoms. The lowest BCUT2D eigenvalue weighted by Gasteiger charge is -2.29. The smallest absolute Gasteiger partial charge is 0.338 e. The number of hydrogen-bond acceptors (Lipinski definition) is 11. The highest BCUT2D eigenvalue weighted by molar-refractivity contribution is 5.90. The highest BCUT2D eigenvalue weighted by atomic mass is 16.8. The molecule has 0 spiro atoms. The fraction of sp³-hybridized carbons (Fsp3) is 0.350. The monoisotopic (exact) mass is 696 g/mol. The van der Waals surface area contributed by atoms with Gasteiger partial charge in [-0.05, 0) is 35.4 Å². The van der Waals surface area contributed by atoms with Crippen molar-refractivity contribution in [2.45, 2.75) is 68.5 Å². The van der Waals surface area contributed by atoms with E-state index in [1.54, 1.807) is 60.7 Å². The van der Waals surface area contributed by atoms with Crippen LogP contribution in [0.15, 0.2) is 121 Å². The molecule has 0 unspecified atom stereocenters. The first-order chi connectivity index (χ1) is 25.1. The Balaban J connectivity index is 1.05. The topological polar surface area (TPSA) is 121 Å². The lowest BCUT2D eigenvalue weighted by molar-refractivity contribution is -0.253. The van der Waals surface area contributed by atoms with Crippen LogP contribution in [0.2, 0.25) is 0 Å². The van der Waals surface area contributed by atoms with Crippen LogP contribution in [-0.2, 0) is 55.8 Å². The Hall–Kier alpha value is -4.46. The molecule has 11 nitrogen and oxygen atoms in total. The molecule has 4 aromatic carbocycles. The molecule has 3 saturated heterocycles. The van der Waals surface area contributed by atoms with Gasteiger partial charge in [-0.2, -0.15) is 0 Å². The van der Waals surface area contributed by atoms with Crippen LogP contribution in [0.25, 0.3) is 0 Å². The number of esters is 2. The Morgan fingerprint density at radius 3 is 1.86 bits per heavy atom. The summed E-state index contributed by atoms with van der Waals surface area (Å²) in [4.78, 5) is 26.0. The maximum absolute atomic E-state index is 13.2. The second-order valence-electron chi connectivity index (χ2n) is 12.4. The molecule has 11 heteroatoms. The van der Waals surface area contributed by atoms with Crippen molar-refractivity contribution in [1.82, 2.24) is 0 Å². The maximum atomic E-state index is 13.2. The SMILES string of the molecule is CO[C@H]1O[C@H](COCc2ccccc2)[C@@H](OCc2ccccc2)[C@@H]1O[C@H]1O[C@@H]([C@@H](COC(=O)c2ccccc2)OC(=O)c2ccccc2)[C@H]2O[C@@H]12. The molecule has 7 rings (SSSR count). The minimum Gasteiger partial charge on any atom is -0.458 e. The zero-order valence-corrected chi connectivity index (χ0v) is 28.1. The predicted octanol–water partition coefficient (Wildman–Crippen LogP) is 5.12. The molecule has 0 amide bonds. The highest BCUT2D eigenvalue weighted by Crippen LogP contribution is 2.44. The second kappa shape index (κ2) is 16.7. The Morgan fingerprint density at radius 2 is 1.24 bits per heavy atom. The van der Waals surface area contributed by atoms with Gasteiger partial charge in [0.1, 0.15) is 43.2 Å². The molecular weight excluding hydrogens is 656 g/mol. The van der Waals surface area contributed by atoms with Gasteiger partial charge in [0.05, 0.1) is 30.9 Å². The molecule has 4 aromatic rings. The molecule has 3 heterocycles. The summed E-state index contributed by atoms with van der Waals surface area (Å²) in [5, 5.41) is 0. The molecule has 9 atom stereocenters.